The van der Waals surface area contributed by atoms with Crippen LogP contribution in [0.2, 0.25) is 0 Å². The van der Waals surface area contributed by atoms with E-state index in [9.17, 15) is 9.59 Å². The molecular formula is C20H24N2O3. The standard InChI is InChI=1S/C20H24N2O3/c1-15-6-4-7-17(14-15)21-19(23)8-5-13-25-20(24)16-9-11-18(12-10-16)22(2)3/h4,6-7,9-12,14H,5,8,13H2,1-3H3,(H,21,23). The fourth-order valence-electron chi connectivity index (χ4n) is 2.32. The number of ether oxygens (including phenoxy) is 1. The molecule has 0 aliphatic carbocycles. The molecule has 5 nitrogen and oxygen atoms in total. The van der Waals surface area contributed by atoms with Crippen molar-refractivity contribution < 1.29 is 14.3 Å². The second kappa shape index (κ2) is 8.87. The molecule has 0 aliphatic rings. The lowest BCUT2D eigenvalue weighted by atomic mass is 10.2. The third kappa shape index (κ3) is 5.95. The number of amides is 1. The van der Waals surface area contributed by atoms with Crippen molar-refractivity contribution in [3.63, 3.8) is 0 Å². The van der Waals surface area contributed by atoms with Gasteiger partial charge in [0.2, 0.25) is 5.91 Å². The lowest BCUT2D eigenvalue weighted by molar-refractivity contribution is -0.116. The number of carbonyl (C=O) groups is 2. The van der Waals surface area contributed by atoms with Gasteiger partial charge in [-0.05, 0) is 55.3 Å². The van der Waals surface area contributed by atoms with Crippen LogP contribution in [0.4, 0.5) is 11.4 Å². The molecule has 2 rings (SSSR count). The molecule has 0 radical (unpaired) electrons. The van der Waals surface area contributed by atoms with E-state index in [1.165, 1.54) is 0 Å². The predicted molar refractivity (Wildman–Crippen MR) is 100 cm³/mol. The molecule has 2 aromatic rings. The van der Waals surface area contributed by atoms with Gasteiger partial charge in [0, 0.05) is 31.9 Å². The van der Waals surface area contributed by atoms with E-state index in [2.05, 4.69) is 5.32 Å². The van der Waals surface area contributed by atoms with Gasteiger partial charge >= 0.3 is 5.97 Å². The van der Waals surface area contributed by atoms with Gasteiger partial charge in [0.15, 0.2) is 0 Å². The molecule has 0 atom stereocenters. The summed E-state index contributed by atoms with van der Waals surface area (Å²) < 4.78 is 5.22. The molecule has 132 valence electrons. The van der Waals surface area contributed by atoms with Crippen LogP contribution >= 0.6 is 0 Å². The fraction of sp³-hybridized carbons (Fsp3) is 0.300. The van der Waals surface area contributed by atoms with E-state index < -0.39 is 0 Å². The van der Waals surface area contributed by atoms with Gasteiger partial charge < -0.3 is 15.0 Å². The Morgan fingerprint density at radius 3 is 2.44 bits per heavy atom. The Hall–Kier alpha value is -2.82. The molecule has 0 heterocycles. The maximum absolute atomic E-state index is 12.0. The first-order valence-electron chi connectivity index (χ1n) is 8.27. The number of nitrogens with one attached hydrogen (secondary N) is 1. The zero-order chi connectivity index (χ0) is 18.2. The minimum atomic E-state index is -0.371. The minimum absolute atomic E-state index is 0.0861. The van der Waals surface area contributed by atoms with Crippen LogP contribution in [0.3, 0.4) is 0 Å². The molecule has 0 saturated carbocycles. The van der Waals surface area contributed by atoms with Crippen LogP contribution < -0.4 is 10.2 Å². The Balaban J connectivity index is 1.71. The summed E-state index contributed by atoms with van der Waals surface area (Å²) in [6, 6.07) is 14.8. The van der Waals surface area contributed by atoms with Crippen LogP contribution in [0.1, 0.15) is 28.8 Å². The van der Waals surface area contributed by atoms with Gasteiger partial charge in [-0.1, -0.05) is 12.1 Å². The van der Waals surface area contributed by atoms with E-state index in [0.29, 0.717) is 18.4 Å². The summed E-state index contributed by atoms with van der Waals surface area (Å²) in [5.41, 5.74) is 3.40. The van der Waals surface area contributed by atoms with Gasteiger partial charge in [-0.3, -0.25) is 4.79 Å². The topological polar surface area (TPSA) is 58.6 Å². The predicted octanol–water partition coefficient (Wildman–Crippen LogP) is 3.64. The fourth-order valence-corrected chi connectivity index (χ4v) is 2.32. The molecule has 0 saturated heterocycles. The maximum Gasteiger partial charge on any atom is 0.338 e. The quantitative estimate of drug-likeness (QED) is 0.617. The van der Waals surface area contributed by atoms with Crippen molar-refractivity contribution in [2.24, 2.45) is 0 Å². The second-order valence-corrected chi connectivity index (χ2v) is 6.10. The Bertz CT molecular complexity index is 724. The van der Waals surface area contributed by atoms with Crippen molar-refractivity contribution in [3.8, 4) is 0 Å². The van der Waals surface area contributed by atoms with Gasteiger partial charge in [0.05, 0.1) is 12.2 Å². The summed E-state index contributed by atoms with van der Waals surface area (Å²) in [4.78, 5) is 25.8. The normalized spacial score (nSPS) is 10.2. The van der Waals surface area contributed by atoms with Crippen LogP contribution in [0.25, 0.3) is 0 Å². The number of nitrogens with zero attached hydrogens (tertiary/aromatic N) is 1. The molecule has 1 N–H and O–H groups in total. The van der Waals surface area contributed by atoms with E-state index in [-0.39, 0.29) is 18.5 Å². The van der Waals surface area contributed by atoms with E-state index in [0.717, 1.165) is 16.9 Å². The van der Waals surface area contributed by atoms with Crippen molar-refractivity contribution in [1.82, 2.24) is 0 Å². The van der Waals surface area contributed by atoms with Crippen LogP contribution in [0.5, 0.6) is 0 Å². The summed E-state index contributed by atoms with van der Waals surface area (Å²) in [6.45, 7) is 2.19. The van der Waals surface area contributed by atoms with Crippen LogP contribution in [0.15, 0.2) is 48.5 Å². The smallest absolute Gasteiger partial charge is 0.338 e. The van der Waals surface area contributed by atoms with Crippen molar-refractivity contribution in [2.75, 3.05) is 30.9 Å². The first-order valence-corrected chi connectivity index (χ1v) is 8.27. The number of anilines is 2. The largest absolute Gasteiger partial charge is 0.462 e. The summed E-state index contributed by atoms with van der Waals surface area (Å²) >= 11 is 0. The van der Waals surface area contributed by atoms with Crippen molar-refractivity contribution in [3.05, 3.63) is 59.7 Å². The highest BCUT2D eigenvalue weighted by Gasteiger charge is 2.08. The molecule has 0 bridgehead atoms. The number of hydrogen-bond acceptors (Lipinski definition) is 4. The number of aryl methyl sites for hydroxylation is 1. The second-order valence-electron chi connectivity index (χ2n) is 6.10. The number of hydrogen-bond donors (Lipinski definition) is 1. The molecular weight excluding hydrogens is 316 g/mol. The monoisotopic (exact) mass is 340 g/mol. The first-order chi connectivity index (χ1) is 12.0. The van der Waals surface area contributed by atoms with Crippen LogP contribution in [0, 0.1) is 6.92 Å². The Labute approximate surface area is 148 Å². The van der Waals surface area contributed by atoms with Crippen LogP contribution in [-0.4, -0.2) is 32.6 Å². The highest BCUT2D eigenvalue weighted by Crippen LogP contribution is 2.13. The number of rotatable bonds is 7. The minimum Gasteiger partial charge on any atom is -0.462 e. The first kappa shape index (κ1) is 18.5. The Morgan fingerprint density at radius 2 is 1.80 bits per heavy atom. The van der Waals surface area contributed by atoms with Crippen molar-refractivity contribution >= 4 is 23.3 Å². The number of esters is 1. The molecule has 0 fully saturated rings. The molecule has 0 aliphatic heterocycles. The van der Waals surface area contributed by atoms with Gasteiger partial charge in [-0.2, -0.15) is 0 Å². The average Bonchev–Trinajstić information content (AvgIpc) is 2.58. The molecule has 0 unspecified atom stereocenters. The van der Waals surface area contributed by atoms with Gasteiger partial charge in [0.1, 0.15) is 0 Å². The van der Waals surface area contributed by atoms with Gasteiger partial charge in [0.25, 0.3) is 0 Å². The highest BCUT2D eigenvalue weighted by molar-refractivity contribution is 5.91. The summed E-state index contributed by atoms with van der Waals surface area (Å²) in [7, 11) is 3.88. The number of carbonyl (C=O) groups excluding carboxylic acids is 2. The molecule has 5 heteroatoms. The van der Waals surface area contributed by atoms with Gasteiger partial charge in [-0.15, -0.1) is 0 Å². The molecule has 0 aromatic heterocycles. The maximum atomic E-state index is 12.0. The zero-order valence-corrected chi connectivity index (χ0v) is 14.9. The lowest BCUT2D eigenvalue weighted by Crippen LogP contribution is -2.13. The van der Waals surface area contributed by atoms with Gasteiger partial charge in [-0.25, -0.2) is 4.79 Å². The van der Waals surface area contributed by atoms with Crippen LogP contribution in [-0.2, 0) is 9.53 Å². The van der Waals surface area contributed by atoms with E-state index in [1.54, 1.807) is 12.1 Å². The average molecular weight is 340 g/mol. The Kier molecular flexibility index (Phi) is 6.57. The Morgan fingerprint density at radius 1 is 1.08 bits per heavy atom. The van der Waals surface area contributed by atoms with E-state index >= 15 is 0 Å². The number of benzene rings is 2. The highest BCUT2D eigenvalue weighted by atomic mass is 16.5. The third-order valence-electron chi connectivity index (χ3n) is 3.70. The molecule has 1 amide bonds. The summed E-state index contributed by atoms with van der Waals surface area (Å²) in [6.07, 6.45) is 0.792. The molecule has 0 spiro atoms. The zero-order valence-electron chi connectivity index (χ0n) is 14.9. The molecule has 25 heavy (non-hydrogen) atoms. The lowest BCUT2D eigenvalue weighted by Gasteiger charge is -2.12. The molecule has 2 aromatic carbocycles. The summed E-state index contributed by atoms with van der Waals surface area (Å²) in [5, 5.41) is 2.84. The van der Waals surface area contributed by atoms with Crippen molar-refractivity contribution in [2.45, 2.75) is 19.8 Å². The SMILES string of the molecule is Cc1cccc(NC(=O)CCCOC(=O)c2ccc(N(C)C)cc2)c1. The van der Waals surface area contributed by atoms with E-state index in [1.807, 2.05) is 62.3 Å². The van der Waals surface area contributed by atoms with Crippen molar-refractivity contribution in [1.29, 1.82) is 0 Å². The summed E-state index contributed by atoms with van der Waals surface area (Å²) in [5.74, 6) is -0.457. The third-order valence-corrected chi connectivity index (χ3v) is 3.70. The van der Waals surface area contributed by atoms with E-state index in [4.69, 9.17) is 4.74 Å².